The monoisotopic (exact) mass is 478 g/mol. The molecule has 35 heavy (non-hydrogen) atoms. The van der Waals surface area contributed by atoms with Crippen LogP contribution in [0.3, 0.4) is 0 Å². The summed E-state index contributed by atoms with van der Waals surface area (Å²) in [5, 5.41) is 15.3. The van der Waals surface area contributed by atoms with E-state index in [0.717, 1.165) is 30.5 Å². The second-order valence-corrected chi connectivity index (χ2v) is 8.72. The number of carbonyl (C=O) groups is 2. The number of aliphatic hydroxyl groups excluding tert-OH is 1. The third-order valence-electron chi connectivity index (χ3n) is 6.45. The highest BCUT2D eigenvalue weighted by Gasteiger charge is 2.28. The van der Waals surface area contributed by atoms with Crippen molar-refractivity contribution in [3.63, 3.8) is 0 Å². The van der Waals surface area contributed by atoms with Crippen LogP contribution in [0, 0.1) is 11.6 Å². The molecule has 7 nitrogen and oxygen atoms in total. The molecule has 3 aromatic rings. The fourth-order valence-electron chi connectivity index (χ4n) is 4.69. The van der Waals surface area contributed by atoms with Crippen LogP contribution in [0.1, 0.15) is 34.5 Å². The molecule has 1 saturated heterocycles. The Morgan fingerprint density at radius 3 is 2.60 bits per heavy atom. The normalized spacial score (nSPS) is 16.8. The standard InChI is InChI=1S/C26H24F2N4O3/c27-18-4-1-5-19(28)24(18)20-12-21(25-22(31-20)13-29-26(25)35)30-16-8-6-15(7-9-16)11-23(34)32-10-2-3-17(32)14-33/h1,4-9,12,17,33H,2-3,10-11,13-14H2,(H,29,35)(H,30,31). The van der Waals surface area contributed by atoms with Crippen LogP contribution in [0.15, 0.2) is 48.5 Å². The zero-order chi connectivity index (χ0) is 24.5. The molecule has 2 amide bonds. The van der Waals surface area contributed by atoms with Gasteiger partial charge in [0.2, 0.25) is 5.91 Å². The summed E-state index contributed by atoms with van der Waals surface area (Å²) in [4.78, 5) is 31.1. The number of nitrogens with one attached hydrogen (secondary N) is 2. The summed E-state index contributed by atoms with van der Waals surface area (Å²) in [6, 6.07) is 12.1. The van der Waals surface area contributed by atoms with E-state index < -0.39 is 11.6 Å². The van der Waals surface area contributed by atoms with Crippen LogP contribution in [0.25, 0.3) is 11.3 Å². The summed E-state index contributed by atoms with van der Waals surface area (Å²) in [6.07, 6.45) is 1.93. The van der Waals surface area contributed by atoms with Gasteiger partial charge < -0.3 is 20.6 Å². The Morgan fingerprint density at radius 1 is 1.14 bits per heavy atom. The maximum absolute atomic E-state index is 14.4. The van der Waals surface area contributed by atoms with E-state index in [1.807, 2.05) is 12.1 Å². The van der Waals surface area contributed by atoms with Crippen molar-refractivity contribution >= 4 is 23.2 Å². The minimum atomic E-state index is -0.740. The Labute approximate surface area is 200 Å². The van der Waals surface area contributed by atoms with Crippen molar-refractivity contribution in [3.05, 3.63) is 77.0 Å². The lowest BCUT2D eigenvalue weighted by Gasteiger charge is -2.23. The first-order valence-corrected chi connectivity index (χ1v) is 11.5. The number of carbonyl (C=O) groups excluding carboxylic acids is 2. The maximum Gasteiger partial charge on any atom is 0.255 e. The van der Waals surface area contributed by atoms with Gasteiger partial charge in [-0.25, -0.2) is 13.8 Å². The lowest BCUT2D eigenvalue weighted by Crippen LogP contribution is -2.38. The smallest absolute Gasteiger partial charge is 0.255 e. The van der Waals surface area contributed by atoms with E-state index >= 15 is 0 Å². The van der Waals surface area contributed by atoms with Gasteiger partial charge in [-0.2, -0.15) is 0 Å². The van der Waals surface area contributed by atoms with E-state index in [-0.39, 0.29) is 48.7 Å². The Balaban J connectivity index is 1.39. The van der Waals surface area contributed by atoms with E-state index in [2.05, 4.69) is 15.6 Å². The topological polar surface area (TPSA) is 94.6 Å². The quantitative estimate of drug-likeness (QED) is 0.504. The number of fused-ring (bicyclic) bond motifs is 1. The van der Waals surface area contributed by atoms with Crippen LogP contribution < -0.4 is 10.6 Å². The maximum atomic E-state index is 14.4. The molecule has 3 N–H and O–H groups in total. The van der Waals surface area contributed by atoms with Crippen LogP contribution in [-0.4, -0.2) is 46.0 Å². The highest BCUT2D eigenvalue weighted by molar-refractivity contribution is 6.04. The lowest BCUT2D eigenvalue weighted by molar-refractivity contribution is -0.132. The van der Waals surface area contributed by atoms with E-state index in [4.69, 9.17) is 0 Å². The number of nitrogens with zero attached hydrogens (tertiary/aromatic N) is 2. The molecule has 1 fully saturated rings. The molecule has 9 heteroatoms. The number of pyridine rings is 1. The van der Waals surface area contributed by atoms with Gasteiger partial charge >= 0.3 is 0 Å². The molecule has 0 aliphatic carbocycles. The van der Waals surface area contributed by atoms with Gasteiger partial charge in [-0.1, -0.05) is 18.2 Å². The van der Waals surface area contributed by atoms with E-state index in [1.165, 1.54) is 12.1 Å². The molecule has 5 rings (SSSR count). The number of likely N-dealkylation sites (tertiary alicyclic amines) is 1. The Kier molecular flexibility index (Phi) is 6.17. The number of hydrogen-bond acceptors (Lipinski definition) is 5. The van der Waals surface area contributed by atoms with E-state index in [1.54, 1.807) is 17.0 Å². The second-order valence-electron chi connectivity index (χ2n) is 8.72. The summed E-state index contributed by atoms with van der Waals surface area (Å²) in [7, 11) is 0. The first-order valence-electron chi connectivity index (χ1n) is 11.5. The molecule has 3 heterocycles. The van der Waals surface area contributed by atoms with Crippen molar-refractivity contribution in [1.29, 1.82) is 0 Å². The highest BCUT2D eigenvalue weighted by atomic mass is 19.1. The van der Waals surface area contributed by atoms with Gasteiger partial charge in [-0.3, -0.25) is 9.59 Å². The SMILES string of the molecule is O=C1NCc2nc(-c3c(F)cccc3F)cc(Nc3ccc(CC(=O)N4CCCC4CO)cc3)c21. The second kappa shape index (κ2) is 9.42. The van der Waals surface area contributed by atoms with Gasteiger partial charge in [0.1, 0.15) is 11.6 Å². The number of rotatable bonds is 6. The fraction of sp³-hybridized carbons (Fsp3) is 0.269. The van der Waals surface area contributed by atoms with E-state index in [0.29, 0.717) is 29.2 Å². The van der Waals surface area contributed by atoms with Crippen LogP contribution in [0.5, 0.6) is 0 Å². The molecule has 180 valence electrons. The number of hydrogen-bond donors (Lipinski definition) is 3. The van der Waals surface area contributed by atoms with Crippen molar-refractivity contribution in [2.45, 2.75) is 31.8 Å². The average Bonchev–Trinajstić information content (AvgIpc) is 3.47. The van der Waals surface area contributed by atoms with Crippen molar-refractivity contribution < 1.29 is 23.5 Å². The van der Waals surface area contributed by atoms with Gasteiger partial charge in [0, 0.05) is 12.2 Å². The molecule has 1 unspecified atom stereocenters. The van der Waals surface area contributed by atoms with Crippen LogP contribution in [0.2, 0.25) is 0 Å². The molecular weight excluding hydrogens is 454 g/mol. The average molecular weight is 478 g/mol. The van der Waals surface area contributed by atoms with Gasteiger partial charge in [-0.05, 0) is 48.7 Å². The molecule has 2 aliphatic rings. The third kappa shape index (κ3) is 4.46. The largest absolute Gasteiger partial charge is 0.394 e. The molecule has 1 aromatic heterocycles. The summed E-state index contributed by atoms with van der Waals surface area (Å²) >= 11 is 0. The van der Waals surface area contributed by atoms with Crippen LogP contribution in [0.4, 0.5) is 20.2 Å². The number of aliphatic hydroxyl groups is 1. The van der Waals surface area contributed by atoms with Gasteiger partial charge in [0.15, 0.2) is 0 Å². The zero-order valence-electron chi connectivity index (χ0n) is 18.9. The highest BCUT2D eigenvalue weighted by Crippen LogP contribution is 2.33. The molecule has 1 atom stereocenters. The lowest BCUT2D eigenvalue weighted by atomic mass is 10.1. The number of benzene rings is 2. The Hall–Kier alpha value is -3.85. The zero-order valence-corrected chi connectivity index (χ0v) is 18.9. The number of aromatic nitrogens is 1. The van der Waals surface area contributed by atoms with Gasteiger partial charge in [-0.15, -0.1) is 0 Å². The van der Waals surface area contributed by atoms with Crippen molar-refractivity contribution in [2.75, 3.05) is 18.5 Å². The van der Waals surface area contributed by atoms with Gasteiger partial charge in [0.25, 0.3) is 5.91 Å². The summed E-state index contributed by atoms with van der Waals surface area (Å²) in [6.45, 7) is 0.792. The van der Waals surface area contributed by atoms with Crippen molar-refractivity contribution in [2.24, 2.45) is 0 Å². The number of amides is 2. The van der Waals surface area contributed by atoms with E-state index in [9.17, 15) is 23.5 Å². The number of anilines is 2. The van der Waals surface area contributed by atoms with Crippen molar-refractivity contribution in [3.8, 4) is 11.3 Å². The minimum absolute atomic E-state index is 0.0255. The summed E-state index contributed by atoms with van der Waals surface area (Å²) < 4.78 is 28.8. The Morgan fingerprint density at radius 2 is 1.89 bits per heavy atom. The summed E-state index contributed by atoms with van der Waals surface area (Å²) in [5.41, 5.74) is 2.41. The molecule has 2 aromatic carbocycles. The predicted molar refractivity (Wildman–Crippen MR) is 126 cm³/mol. The molecule has 0 radical (unpaired) electrons. The van der Waals surface area contributed by atoms with Crippen LogP contribution >= 0.6 is 0 Å². The summed E-state index contributed by atoms with van der Waals surface area (Å²) in [5.74, 6) is -1.82. The molecule has 0 bridgehead atoms. The van der Waals surface area contributed by atoms with Gasteiger partial charge in [0.05, 0.1) is 53.8 Å². The predicted octanol–water partition coefficient (Wildman–Crippen LogP) is 3.54. The molecule has 2 aliphatic heterocycles. The number of halogens is 2. The molecular formula is C26H24F2N4O3. The minimum Gasteiger partial charge on any atom is -0.394 e. The first kappa shape index (κ1) is 22.9. The fourth-order valence-corrected chi connectivity index (χ4v) is 4.69. The Bertz CT molecular complexity index is 1280. The molecule has 0 spiro atoms. The first-order chi connectivity index (χ1) is 16.9. The van der Waals surface area contributed by atoms with Crippen LogP contribution in [-0.2, 0) is 17.8 Å². The third-order valence-corrected chi connectivity index (χ3v) is 6.45. The van der Waals surface area contributed by atoms with Crippen molar-refractivity contribution in [1.82, 2.24) is 15.2 Å². The molecule has 0 saturated carbocycles.